The van der Waals surface area contributed by atoms with Crippen molar-refractivity contribution in [2.75, 3.05) is 24.5 Å². The van der Waals surface area contributed by atoms with Crippen LogP contribution < -0.4 is 16.0 Å². The van der Waals surface area contributed by atoms with E-state index in [4.69, 9.17) is 11.0 Å². The zero-order valence-corrected chi connectivity index (χ0v) is 20.5. The number of anilines is 1. The van der Waals surface area contributed by atoms with Gasteiger partial charge in [0.2, 0.25) is 6.41 Å². The molecule has 2 unspecified atom stereocenters. The van der Waals surface area contributed by atoms with Crippen molar-refractivity contribution in [1.82, 2.24) is 5.32 Å². The second kappa shape index (κ2) is 11.6. The van der Waals surface area contributed by atoms with E-state index in [1.54, 1.807) is 12.1 Å². The van der Waals surface area contributed by atoms with E-state index in [9.17, 15) is 14.3 Å². The number of hydrogen-bond acceptors (Lipinski definition) is 6. The van der Waals surface area contributed by atoms with Gasteiger partial charge in [-0.05, 0) is 67.1 Å². The van der Waals surface area contributed by atoms with Crippen molar-refractivity contribution in [3.63, 3.8) is 0 Å². The largest absolute Gasteiger partial charge is 0.391 e. The number of β-amino-alcohol motifs (C(OH)–C–C–N with tert-alkyl or cyclic N) is 1. The highest BCUT2D eigenvalue weighted by Gasteiger charge is 2.24. The number of nitrogens with two attached hydrogens (primary N) is 1. The number of rotatable bonds is 10. The molecule has 1 amide bonds. The lowest BCUT2D eigenvalue weighted by atomic mass is 9.99. The summed E-state index contributed by atoms with van der Waals surface area (Å²) in [6, 6.07) is 13.2. The Hall–Kier alpha value is -3.32. The lowest BCUT2D eigenvalue weighted by Crippen LogP contribution is -2.24. The van der Waals surface area contributed by atoms with Crippen molar-refractivity contribution in [2.45, 2.75) is 37.8 Å². The number of nitriles is 1. The van der Waals surface area contributed by atoms with Gasteiger partial charge in [0.15, 0.2) is 0 Å². The zero-order valence-electron chi connectivity index (χ0n) is 19.7. The number of nitrogens with one attached hydrogen (secondary N) is 1. The Morgan fingerprint density at radius 2 is 2.00 bits per heavy atom. The molecule has 0 saturated carbocycles. The maximum Gasteiger partial charge on any atom is 0.207 e. The number of nitrogens with zero attached hydrogens (tertiary/aromatic N) is 2. The predicted molar refractivity (Wildman–Crippen MR) is 138 cm³/mol. The molecular formula is C27H28F2N4O2S. The molecule has 4 rings (SSSR count). The summed E-state index contributed by atoms with van der Waals surface area (Å²) in [5.74, 6) is -0.991. The minimum absolute atomic E-state index is 0.0371. The molecule has 6 nitrogen and oxygen atoms in total. The summed E-state index contributed by atoms with van der Waals surface area (Å²) in [5.41, 5.74) is 8.74. The minimum Gasteiger partial charge on any atom is -0.391 e. The van der Waals surface area contributed by atoms with Gasteiger partial charge in [0.1, 0.15) is 17.7 Å². The van der Waals surface area contributed by atoms with Gasteiger partial charge in [-0.3, -0.25) is 4.79 Å². The third-order valence-corrected chi connectivity index (χ3v) is 7.55. The van der Waals surface area contributed by atoms with E-state index < -0.39 is 11.9 Å². The third-order valence-electron chi connectivity index (χ3n) is 6.34. The number of carbonyl (C=O) groups is 1. The van der Waals surface area contributed by atoms with Crippen LogP contribution in [0.1, 0.15) is 29.7 Å². The molecule has 1 aromatic heterocycles. The molecule has 36 heavy (non-hydrogen) atoms. The summed E-state index contributed by atoms with van der Waals surface area (Å²) >= 11 is 1.48. The van der Waals surface area contributed by atoms with Gasteiger partial charge in [0, 0.05) is 41.0 Å². The predicted octanol–water partition coefficient (Wildman–Crippen LogP) is 4.20. The molecule has 1 aliphatic rings. The first kappa shape index (κ1) is 25.8. The van der Waals surface area contributed by atoms with Crippen LogP contribution in [-0.2, 0) is 11.2 Å². The van der Waals surface area contributed by atoms with Crippen LogP contribution in [0.3, 0.4) is 0 Å². The molecule has 0 bridgehead atoms. The zero-order chi connectivity index (χ0) is 25.7. The first-order valence-corrected chi connectivity index (χ1v) is 12.7. The fraction of sp³-hybridized carbons (Fsp3) is 0.333. The van der Waals surface area contributed by atoms with Crippen molar-refractivity contribution in [3.8, 4) is 27.6 Å². The van der Waals surface area contributed by atoms with Crippen molar-refractivity contribution >= 4 is 23.4 Å². The van der Waals surface area contributed by atoms with Crippen molar-refractivity contribution < 1.29 is 18.7 Å². The number of hydrogen-bond donors (Lipinski definition) is 3. The molecule has 0 radical (unpaired) electrons. The molecule has 188 valence electrons. The van der Waals surface area contributed by atoms with E-state index in [2.05, 4.69) is 5.32 Å². The van der Waals surface area contributed by atoms with E-state index in [1.165, 1.54) is 29.5 Å². The molecule has 4 N–H and O–H groups in total. The van der Waals surface area contributed by atoms with Gasteiger partial charge in [-0.15, -0.1) is 11.3 Å². The average molecular weight is 511 g/mol. The molecule has 1 aliphatic heterocycles. The number of carbonyl (C=O) groups excluding carboxylic acids is 1. The van der Waals surface area contributed by atoms with Gasteiger partial charge >= 0.3 is 0 Å². The summed E-state index contributed by atoms with van der Waals surface area (Å²) in [5, 5.41) is 21.5. The van der Waals surface area contributed by atoms with Gasteiger partial charge in [-0.2, -0.15) is 5.26 Å². The van der Waals surface area contributed by atoms with E-state index >= 15 is 4.39 Å². The third kappa shape index (κ3) is 5.90. The first-order chi connectivity index (χ1) is 17.4. The molecule has 3 aromatic rings. The van der Waals surface area contributed by atoms with E-state index in [0.717, 1.165) is 28.2 Å². The molecular weight excluding hydrogens is 482 g/mol. The maximum atomic E-state index is 15.2. The molecule has 1 fully saturated rings. The molecule has 0 aliphatic carbocycles. The summed E-state index contributed by atoms with van der Waals surface area (Å²) in [6.07, 6.45) is 2.87. The molecule has 2 aromatic carbocycles. The minimum atomic E-state index is -0.609. The molecule has 2 heterocycles. The fourth-order valence-corrected chi connectivity index (χ4v) is 5.76. The molecule has 1 saturated heterocycles. The summed E-state index contributed by atoms with van der Waals surface area (Å²) in [7, 11) is 0. The summed E-state index contributed by atoms with van der Waals surface area (Å²) in [6.45, 7) is 1.55. The van der Waals surface area contributed by atoms with Crippen LogP contribution in [-0.4, -0.2) is 43.3 Å². The highest BCUT2D eigenvalue weighted by atomic mass is 32.1. The number of amides is 1. The Labute approximate surface area is 213 Å². The van der Waals surface area contributed by atoms with Crippen LogP contribution in [0.15, 0.2) is 42.5 Å². The topological polar surface area (TPSA) is 102 Å². The Bertz CT molecular complexity index is 1270. The summed E-state index contributed by atoms with van der Waals surface area (Å²) in [4.78, 5) is 14.0. The number of benzene rings is 2. The Balaban J connectivity index is 1.66. The second-order valence-electron chi connectivity index (χ2n) is 9.00. The number of halogens is 2. The van der Waals surface area contributed by atoms with E-state index in [0.29, 0.717) is 55.7 Å². The molecule has 0 spiro atoms. The number of thiophene rings is 1. The molecule has 2 atom stereocenters. The lowest BCUT2D eigenvalue weighted by molar-refractivity contribution is -0.109. The van der Waals surface area contributed by atoms with Gasteiger partial charge in [0.25, 0.3) is 0 Å². The number of aliphatic hydroxyl groups excluding tert-OH is 1. The summed E-state index contributed by atoms with van der Waals surface area (Å²) < 4.78 is 29.6. The Morgan fingerprint density at radius 3 is 2.67 bits per heavy atom. The van der Waals surface area contributed by atoms with Crippen LogP contribution in [0.25, 0.3) is 21.6 Å². The van der Waals surface area contributed by atoms with Crippen LogP contribution >= 0.6 is 11.3 Å². The van der Waals surface area contributed by atoms with Gasteiger partial charge in [-0.25, -0.2) is 8.78 Å². The van der Waals surface area contributed by atoms with Crippen LogP contribution in [0.5, 0.6) is 0 Å². The van der Waals surface area contributed by atoms with Crippen molar-refractivity contribution in [3.05, 3.63) is 64.5 Å². The Morgan fingerprint density at radius 1 is 1.22 bits per heavy atom. The van der Waals surface area contributed by atoms with E-state index in [-0.39, 0.29) is 17.4 Å². The van der Waals surface area contributed by atoms with Crippen LogP contribution in [0, 0.1) is 23.0 Å². The lowest BCUT2D eigenvalue weighted by Gasteiger charge is -2.19. The average Bonchev–Trinajstić information content (AvgIpc) is 3.48. The second-order valence-corrected chi connectivity index (χ2v) is 10.1. The monoisotopic (exact) mass is 510 g/mol. The SMILES string of the molecule is N#Cc1ccc(-c2cc(CC(N)CCCNC=O)sc2-c2ccc(N3CCC(O)C3)c(F)c2)cc1F. The molecule has 9 heteroatoms. The smallest absolute Gasteiger partial charge is 0.207 e. The fourth-order valence-electron chi connectivity index (χ4n) is 4.50. The van der Waals surface area contributed by atoms with Crippen molar-refractivity contribution in [2.24, 2.45) is 5.73 Å². The standard InChI is InChI=1S/C27H28F2N4O2S/c28-24-10-17(3-4-19(24)14-30)23-13-22(12-20(31)2-1-8-32-16-34)36-27(23)18-5-6-26(25(29)11-18)33-9-7-21(35)15-33/h3-6,10-11,13,16,20-21,35H,1-2,7-9,12,15,31H2,(H,32,34). The van der Waals surface area contributed by atoms with Gasteiger partial charge in [-0.1, -0.05) is 12.1 Å². The normalized spacial score (nSPS) is 16.1. The first-order valence-electron chi connectivity index (χ1n) is 11.9. The van der Waals surface area contributed by atoms with Gasteiger partial charge < -0.3 is 21.1 Å². The van der Waals surface area contributed by atoms with Crippen molar-refractivity contribution in [1.29, 1.82) is 5.26 Å². The van der Waals surface area contributed by atoms with Crippen LogP contribution in [0.4, 0.5) is 14.5 Å². The van der Waals surface area contributed by atoms with Crippen LogP contribution in [0.2, 0.25) is 0 Å². The maximum absolute atomic E-state index is 15.2. The van der Waals surface area contributed by atoms with E-state index in [1.807, 2.05) is 23.1 Å². The number of aliphatic hydroxyl groups is 1. The Kier molecular flexibility index (Phi) is 8.31. The van der Waals surface area contributed by atoms with Gasteiger partial charge in [0.05, 0.1) is 17.4 Å². The highest BCUT2D eigenvalue weighted by Crippen LogP contribution is 2.41. The highest BCUT2D eigenvalue weighted by molar-refractivity contribution is 7.16. The quantitative estimate of drug-likeness (QED) is 0.280.